The molecule has 0 saturated heterocycles. The zero-order chi connectivity index (χ0) is 15.1. The fourth-order valence-corrected chi connectivity index (χ4v) is 1.95. The molecule has 0 aliphatic heterocycles. The van der Waals surface area contributed by atoms with E-state index in [4.69, 9.17) is 5.26 Å². The molecule has 0 atom stereocenters. The molecule has 2 rings (SSSR count). The molecule has 0 aliphatic rings. The average molecular weight is 279 g/mol. The summed E-state index contributed by atoms with van der Waals surface area (Å²) in [7, 11) is 1.62. The first-order valence-electron chi connectivity index (χ1n) is 6.73. The Morgan fingerprint density at radius 2 is 1.67 bits per heavy atom. The van der Waals surface area contributed by atoms with Crippen LogP contribution < -0.4 is 10.6 Å². The Hall–Kier alpha value is -2.80. The molecular formula is C17H17N3O. The molecule has 2 aromatic carbocycles. The van der Waals surface area contributed by atoms with Gasteiger partial charge < -0.3 is 10.6 Å². The number of carbonyl (C=O) groups is 1. The van der Waals surface area contributed by atoms with Crippen LogP contribution in [0, 0.1) is 11.3 Å². The number of carbonyl (C=O) groups excluding carboxylic acids is 1. The highest BCUT2D eigenvalue weighted by atomic mass is 16.1. The molecule has 21 heavy (non-hydrogen) atoms. The van der Waals surface area contributed by atoms with Crippen molar-refractivity contribution >= 4 is 11.6 Å². The summed E-state index contributed by atoms with van der Waals surface area (Å²) in [5.41, 5.74) is 3.77. The standard InChI is InChI=1S/C17H17N3O/c1-19-17(21)15-6-2-14(3-7-15)12-20-16-8-4-13(5-9-16)10-11-18/h2-9,20H,10,12H2,1H3,(H,19,21). The highest BCUT2D eigenvalue weighted by Crippen LogP contribution is 2.12. The predicted molar refractivity (Wildman–Crippen MR) is 82.9 cm³/mol. The van der Waals surface area contributed by atoms with Crippen molar-refractivity contribution in [1.82, 2.24) is 5.32 Å². The van der Waals surface area contributed by atoms with Gasteiger partial charge in [-0.1, -0.05) is 24.3 Å². The molecule has 4 nitrogen and oxygen atoms in total. The third-order valence-electron chi connectivity index (χ3n) is 3.18. The second-order valence-corrected chi connectivity index (χ2v) is 4.66. The minimum atomic E-state index is -0.0809. The lowest BCUT2D eigenvalue weighted by molar-refractivity contribution is 0.0963. The molecule has 0 heterocycles. The first-order valence-corrected chi connectivity index (χ1v) is 6.73. The minimum absolute atomic E-state index is 0.0809. The van der Waals surface area contributed by atoms with Gasteiger partial charge in [-0.3, -0.25) is 4.79 Å². The molecule has 0 aromatic heterocycles. The molecule has 0 fully saturated rings. The topological polar surface area (TPSA) is 64.9 Å². The van der Waals surface area contributed by atoms with Gasteiger partial charge >= 0.3 is 0 Å². The lowest BCUT2D eigenvalue weighted by atomic mass is 10.1. The monoisotopic (exact) mass is 279 g/mol. The fourth-order valence-electron chi connectivity index (χ4n) is 1.95. The maximum absolute atomic E-state index is 11.4. The molecule has 4 heteroatoms. The Kier molecular flexibility index (Phi) is 4.94. The van der Waals surface area contributed by atoms with Gasteiger partial charge in [0.15, 0.2) is 0 Å². The van der Waals surface area contributed by atoms with E-state index < -0.39 is 0 Å². The zero-order valence-corrected chi connectivity index (χ0v) is 11.9. The summed E-state index contributed by atoms with van der Waals surface area (Å²) in [6.45, 7) is 0.686. The van der Waals surface area contributed by atoms with E-state index in [1.54, 1.807) is 7.05 Å². The molecule has 0 bridgehead atoms. The maximum Gasteiger partial charge on any atom is 0.251 e. The molecule has 2 aromatic rings. The van der Waals surface area contributed by atoms with Gasteiger partial charge in [-0.2, -0.15) is 5.26 Å². The van der Waals surface area contributed by atoms with E-state index in [0.29, 0.717) is 18.5 Å². The van der Waals surface area contributed by atoms with Gasteiger partial charge in [0.1, 0.15) is 0 Å². The van der Waals surface area contributed by atoms with Crippen molar-refractivity contribution in [1.29, 1.82) is 5.26 Å². The summed E-state index contributed by atoms with van der Waals surface area (Å²) in [5.74, 6) is -0.0809. The van der Waals surface area contributed by atoms with Crippen molar-refractivity contribution in [2.24, 2.45) is 0 Å². The van der Waals surface area contributed by atoms with Gasteiger partial charge in [-0.15, -0.1) is 0 Å². The van der Waals surface area contributed by atoms with Crippen LogP contribution in [-0.2, 0) is 13.0 Å². The third-order valence-corrected chi connectivity index (χ3v) is 3.18. The lowest BCUT2D eigenvalue weighted by Crippen LogP contribution is -2.17. The van der Waals surface area contributed by atoms with Gasteiger partial charge in [-0.05, 0) is 35.4 Å². The van der Waals surface area contributed by atoms with Crippen LogP contribution >= 0.6 is 0 Å². The number of nitrogens with zero attached hydrogens (tertiary/aromatic N) is 1. The van der Waals surface area contributed by atoms with E-state index >= 15 is 0 Å². The number of benzene rings is 2. The van der Waals surface area contributed by atoms with Crippen LogP contribution in [0.3, 0.4) is 0 Å². The van der Waals surface area contributed by atoms with Crippen LogP contribution in [0.15, 0.2) is 48.5 Å². The number of nitriles is 1. The van der Waals surface area contributed by atoms with E-state index in [-0.39, 0.29) is 5.91 Å². The van der Waals surface area contributed by atoms with Crippen LogP contribution in [0.5, 0.6) is 0 Å². The molecule has 0 spiro atoms. The Morgan fingerprint density at radius 1 is 1.05 bits per heavy atom. The summed E-state index contributed by atoms with van der Waals surface area (Å²) in [6, 6.07) is 17.4. The van der Waals surface area contributed by atoms with E-state index in [2.05, 4.69) is 16.7 Å². The number of rotatable bonds is 5. The van der Waals surface area contributed by atoms with Crippen LogP contribution in [-0.4, -0.2) is 13.0 Å². The summed E-state index contributed by atoms with van der Waals surface area (Å²) in [5, 5.41) is 14.5. The van der Waals surface area contributed by atoms with Gasteiger partial charge in [0.2, 0.25) is 0 Å². The molecule has 1 amide bonds. The van der Waals surface area contributed by atoms with E-state index in [9.17, 15) is 4.79 Å². The van der Waals surface area contributed by atoms with E-state index in [1.807, 2.05) is 48.5 Å². The Labute approximate surface area is 124 Å². The lowest BCUT2D eigenvalue weighted by Gasteiger charge is -2.08. The van der Waals surface area contributed by atoms with Crippen LogP contribution in [0.2, 0.25) is 0 Å². The fraction of sp³-hybridized carbons (Fsp3) is 0.176. The van der Waals surface area contributed by atoms with Crippen molar-refractivity contribution < 1.29 is 4.79 Å². The molecule has 2 N–H and O–H groups in total. The second kappa shape index (κ2) is 7.11. The van der Waals surface area contributed by atoms with Gasteiger partial charge in [0.05, 0.1) is 12.5 Å². The summed E-state index contributed by atoms with van der Waals surface area (Å²) < 4.78 is 0. The van der Waals surface area contributed by atoms with Crippen LogP contribution in [0.1, 0.15) is 21.5 Å². The highest BCUT2D eigenvalue weighted by Gasteiger charge is 2.02. The molecular weight excluding hydrogens is 262 g/mol. The Bertz CT molecular complexity index is 639. The van der Waals surface area contributed by atoms with Gasteiger partial charge in [-0.25, -0.2) is 0 Å². The SMILES string of the molecule is CNC(=O)c1ccc(CNc2ccc(CC#N)cc2)cc1. The second-order valence-electron chi connectivity index (χ2n) is 4.66. The van der Waals surface area contributed by atoms with Crippen molar-refractivity contribution in [2.45, 2.75) is 13.0 Å². The maximum atomic E-state index is 11.4. The predicted octanol–water partition coefficient (Wildman–Crippen LogP) is 2.72. The number of anilines is 1. The van der Waals surface area contributed by atoms with Gasteiger partial charge in [0, 0.05) is 24.8 Å². The summed E-state index contributed by atoms with van der Waals surface area (Å²) in [6.07, 6.45) is 0.432. The smallest absolute Gasteiger partial charge is 0.251 e. The molecule has 106 valence electrons. The first kappa shape index (κ1) is 14.6. The molecule has 0 radical (unpaired) electrons. The van der Waals surface area contributed by atoms with Crippen LogP contribution in [0.25, 0.3) is 0 Å². The molecule has 0 unspecified atom stereocenters. The van der Waals surface area contributed by atoms with Crippen molar-refractivity contribution in [3.05, 3.63) is 65.2 Å². The number of amides is 1. The van der Waals surface area contributed by atoms with Crippen LogP contribution in [0.4, 0.5) is 5.69 Å². The zero-order valence-electron chi connectivity index (χ0n) is 11.9. The summed E-state index contributed by atoms with van der Waals surface area (Å²) in [4.78, 5) is 11.4. The van der Waals surface area contributed by atoms with Crippen molar-refractivity contribution in [2.75, 3.05) is 12.4 Å². The third kappa shape index (κ3) is 4.08. The Morgan fingerprint density at radius 3 is 2.24 bits per heavy atom. The Balaban J connectivity index is 1.93. The number of nitrogens with one attached hydrogen (secondary N) is 2. The number of hydrogen-bond acceptors (Lipinski definition) is 3. The first-order chi connectivity index (χ1) is 10.2. The highest BCUT2D eigenvalue weighted by molar-refractivity contribution is 5.93. The van der Waals surface area contributed by atoms with Crippen molar-refractivity contribution in [3.8, 4) is 6.07 Å². The van der Waals surface area contributed by atoms with Crippen molar-refractivity contribution in [3.63, 3.8) is 0 Å². The molecule has 0 saturated carbocycles. The normalized spacial score (nSPS) is 9.71. The largest absolute Gasteiger partial charge is 0.381 e. The van der Waals surface area contributed by atoms with E-state index in [1.165, 1.54) is 0 Å². The van der Waals surface area contributed by atoms with Gasteiger partial charge in [0.25, 0.3) is 5.91 Å². The van der Waals surface area contributed by atoms with E-state index in [0.717, 1.165) is 16.8 Å². The quantitative estimate of drug-likeness (QED) is 0.884. The molecule has 0 aliphatic carbocycles. The average Bonchev–Trinajstić information content (AvgIpc) is 2.54. The summed E-state index contributed by atoms with van der Waals surface area (Å²) >= 11 is 0. The number of hydrogen-bond donors (Lipinski definition) is 2. The minimum Gasteiger partial charge on any atom is -0.381 e.